The highest BCUT2D eigenvalue weighted by Gasteiger charge is 2.19. The van der Waals surface area contributed by atoms with E-state index in [4.69, 9.17) is 5.11 Å². The fourth-order valence-electron chi connectivity index (χ4n) is 3.86. The monoisotopic (exact) mass is 417 g/mol. The van der Waals surface area contributed by atoms with E-state index < -0.39 is 18.0 Å². The Morgan fingerprint density at radius 3 is 2.45 bits per heavy atom. The van der Waals surface area contributed by atoms with Gasteiger partial charge in [0.25, 0.3) is 0 Å². The lowest BCUT2D eigenvalue weighted by molar-refractivity contribution is -0.138. The maximum absolute atomic E-state index is 11.7. The first kappa shape index (κ1) is 20.6. The second-order valence-corrected chi connectivity index (χ2v) is 7.51. The highest BCUT2D eigenvalue weighted by molar-refractivity contribution is 6.10. The van der Waals surface area contributed by atoms with Crippen molar-refractivity contribution in [1.82, 2.24) is 14.9 Å². The van der Waals surface area contributed by atoms with Crippen LogP contribution in [0.25, 0.3) is 21.8 Å². The molecule has 158 valence electrons. The highest BCUT2D eigenvalue weighted by atomic mass is 16.4. The highest BCUT2D eigenvalue weighted by Crippen LogP contribution is 2.32. The third-order valence-corrected chi connectivity index (χ3v) is 5.41. The Labute approximate surface area is 179 Å². The molecule has 0 saturated carbocycles. The number of pyridine rings is 1. The van der Waals surface area contributed by atoms with Crippen LogP contribution in [0.3, 0.4) is 0 Å². The first-order valence-corrected chi connectivity index (χ1v) is 10.1. The first-order chi connectivity index (χ1) is 15.0. The van der Waals surface area contributed by atoms with Crippen LogP contribution in [0.5, 0.6) is 0 Å². The third-order valence-electron chi connectivity index (χ3n) is 5.41. The van der Waals surface area contributed by atoms with Crippen LogP contribution in [0.4, 0.5) is 0 Å². The fraction of sp³-hybridized carbons (Fsp3) is 0.208. The Kier molecular flexibility index (Phi) is 5.68. The van der Waals surface area contributed by atoms with Gasteiger partial charge in [-0.05, 0) is 24.6 Å². The number of carboxylic acid groups (broad SMARTS) is 2. The van der Waals surface area contributed by atoms with Gasteiger partial charge in [-0.3, -0.25) is 4.79 Å². The minimum atomic E-state index is -1.09. The number of aromatic nitrogens is 2. The summed E-state index contributed by atoms with van der Waals surface area (Å²) in [4.78, 5) is 27.3. The van der Waals surface area contributed by atoms with Gasteiger partial charge in [-0.1, -0.05) is 48.5 Å². The summed E-state index contributed by atoms with van der Waals surface area (Å²) in [7, 11) is 0. The number of nitrogens with one attached hydrogen (secondary N) is 1. The molecule has 0 saturated heterocycles. The van der Waals surface area contributed by atoms with Crippen molar-refractivity contribution in [1.29, 1.82) is 0 Å². The summed E-state index contributed by atoms with van der Waals surface area (Å²) in [5, 5.41) is 23.5. The second kappa shape index (κ2) is 8.57. The third kappa shape index (κ3) is 4.13. The number of aromatic carboxylic acids is 1. The quantitative estimate of drug-likeness (QED) is 0.405. The number of hydrogen-bond donors (Lipinski definition) is 3. The van der Waals surface area contributed by atoms with E-state index in [1.165, 1.54) is 0 Å². The number of carboxylic acids is 2. The molecule has 4 rings (SSSR count). The molecule has 0 spiro atoms. The van der Waals surface area contributed by atoms with Crippen LogP contribution >= 0.6 is 0 Å². The number of carbonyl (C=O) groups is 2. The lowest BCUT2D eigenvalue weighted by atomic mass is 10.1. The molecule has 7 heteroatoms. The SMILES string of the molecule is C[C@@H](NCCc1nc(C(=O)O)cc2c3ccccc3n(Cc3ccccc3)c12)C(=O)O. The number of hydrogen-bond acceptors (Lipinski definition) is 4. The average Bonchev–Trinajstić information content (AvgIpc) is 3.08. The average molecular weight is 417 g/mol. The van der Waals surface area contributed by atoms with E-state index in [1.807, 2.05) is 42.5 Å². The van der Waals surface area contributed by atoms with E-state index in [0.717, 1.165) is 27.4 Å². The Morgan fingerprint density at radius 1 is 1.03 bits per heavy atom. The molecule has 4 aromatic rings. The molecule has 1 atom stereocenters. The number of para-hydroxylation sites is 1. The smallest absolute Gasteiger partial charge is 0.354 e. The van der Waals surface area contributed by atoms with Crippen molar-refractivity contribution < 1.29 is 19.8 Å². The zero-order chi connectivity index (χ0) is 22.0. The minimum Gasteiger partial charge on any atom is -0.480 e. The first-order valence-electron chi connectivity index (χ1n) is 10.1. The van der Waals surface area contributed by atoms with Crippen LogP contribution in [0.2, 0.25) is 0 Å². The van der Waals surface area contributed by atoms with Gasteiger partial charge in [0.05, 0.1) is 11.2 Å². The number of fused-ring (bicyclic) bond motifs is 3. The molecule has 0 unspecified atom stereocenters. The van der Waals surface area contributed by atoms with Crippen LogP contribution in [0.15, 0.2) is 60.7 Å². The summed E-state index contributed by atoms with van der Waals surface area (Å²) < 4.78 is 2.16. The Hall–Kier alpha value is -3.71. The van der Waals surface area contributed by atoms with Gasteiger partial charge >= 0.3 is 11.9 Å². The maximum atomic E-state index is 11.7. The van der Waals surface area contributed by atoms with Crippen LogP contribution in [0.1, 0.15) is 28.7 Å². The van der Waals surface area contributed by atoms with Crippen molar-refractivity contribution in [3.05, 3.63) is 77.6 Å². The summed E-state index contributed by atoms with van der Waals surface area (Å²) in [6.07, 6.45) is 0.403. The van der Waals surface area contributed by atoms with Gasteiger partial charge in [0.15, 0.2) is 0 Å². The van der Waals surface area contributed by atoms with E-state index in [2.05, 4.69) is 27.0 Å². The summed E-state index contributed by atoms with van der Waals surface area (Å²) in [5.74, 6) is -2.02. The molecule has 3 N–H and O–H groups in total. The molecule has 0 amide bonds. The second-order valence-electron chi connectivity index (χ2n) is 7.51. The molecule has 7 nitrogen and oxygen atoms in total. The van der Waals surface area contributed by atoms with E-state index in [0.29, 0.717) is 25.2 Å². The Bertz CT molecular complexity index is 1260. The molecule has 0 aliphatic carbocycles. The summed E-state index contributed by atoms with van der Waals surface area (Å²) in [5.41, 5.74) is 3.61. The van der Waals surface area contributed by atoms with E-state index in [9.17, 15) is 14.7 Å². The van der Waals surface area contributed by atoms with Gasteiger partial charge in [0, 0.05) is 35.8 Å². The largest absolute Gasteiger partial charge is 0.480 e. The van der Waals surface area contributed by atoms with E-state index in [-0.39, 0.29) is 5.69 Å². The van der Waals surface area contributed by atoms with Crippen LogP contribution < -0.4 is 5.32 Å². The van der Waals surface area contributed by atoms with Gasteiger partial charge in [0.2, 0.25) is 0 Å². The lowest BCUT2D eigenvalue weighted by Crippen LogP contribution is -2.35. The van der Waals surface area contributed by atoms with Crippen molar-refractivity contribution in [2.75, 3.05) is 6.54 Å². The molecule has 0 aliphatic heterocycles. The predicted octanol–water partition coefficient (Wildman–Crippen LogP) is 3.54. The topological polar surface area (TPSA) is 104 Å². The number of rotatable bonds is 8. The Morgan fingerprint density at radius 2 is 1.74 bits per heavy atom. The van der Waals surface area contributed by atoms with Crippen molar-refractivity contribution in [2.24, 2.45) is 0 Å². The standard InChI is InChI=1S/C24H23N3O4/c1-15(23(28)29)25-12-11-19-22-18(13-20(26-19)24(30)31)17-9-5-6-10-21(17)27(22)14-16-7-3-2-4-8-16/h2-10,13,15,25H,11-12,14H2,1H3,(H,28,29)(H,30,31)/t15-/m1/s1. The molecule has 2 heterocycles. The normalized spacial score (nSPS) is 12.3. The molecule has 0 radical (unpaired) electrons. The molecule has 31 heavy (non-hydrogen) atoms. The van der Waals surface area contributed by atoms with Crippen molar-refractivity contribution in [3.8, 4) is 0 Å². The van der Waals surface area contributed by atoms with Gasteiger partial charge in [0.1, 0.15) is 11.7 Å². The Balaban J connectivity index is 1.87. The lowest BCUT2D eigenvalue weighted by Gasteiger charge is -2.13. The number of nitrogens with zero attached hydrogens (tertiary/aromatic N) is 2. The van der Waals surface area contributed by atoms with Gasteiger partial charge in [-0.25, -0.2) is 9.78 Å². The predicted molar refractivity (Wildman–Crippen MR) is 119 cm³/mol. The van der Waals surface area contributed by atoms with Crippen LogP contribution in [-0.4, -0.2) is 44.3 Å². The van der Waals surface area contributed by atoms with Crippen molar-refractivity contribution in [2.45, 2.75) is 25.9 Å². The van der Waals surface area contributed by atoms with E-state index >= 15 is 0 Å². The van der Waals surface area contributed by atoms with Gasteiger partial charge < -0.3 is 20.1 Å². The molecule has 2 aromatic heterocycles. The number of benzene rings is 2. The fourth-order valence-corrected chi connectivity index (χ4v) is 3.86. The number of aliphatic carboxylic acids is 1. The summed E-state index contributed by atoms with van der Waals surface area (Å²) in [6.45, 7) is 2.56. The molecule has 0 bridgehead atoms. The van der Waals surface area contributed by atoms with Crippen LogP contribution in [0, 0.1) is 0 Å². The summed E-state index contributed by atoms with van der Waals surface area (Å²) in [6, 6.07) is 18.9. The van der Waals surface area contributed by atoms with Crippen molar-refractivity contribution in [3.63, 3.8) is 0 Å². The molecule has 0 fully saturated rings. The zero-order valence-electron chi connectivity index (χ0n) is 17.1. The van der Waals surface area contributed by atoms with Crippen LogP contribution in [-0.2, 0) is 17.8 Å². The van der Waals surface area contributed by atoms with Gasteiger partial charge in [-0.15, -0.1) is 0 Å². The molecule has 2 aromatic carbocycles. The zero-order valence-corrected chi connectivity index (χ0v) is 17.1. The van der Waals surface area contributed by atoms with Gasteiger partial charge in [-0.2, -0.15) is 0 Å². The maximum Gasteiger partial charge on any atom is 0.354 e. The molecular formula is C24H23N3O4. The molecule has 0 aliphatic rings. The van der Waals surface area contributed by atoms with E-state index in [1.54, 1.807) is 13.0 Å². The molecular weight excluding hydrogens is 394 g/mol. The summed E-state index contributed by atoms with van der Waals surface area (Å²) >= 11 is 0. The minimum absolute atomic E-state index is 0.0172. The van der Waals surface area contributed by atoms with Crippen molar-refractivity contribution >= 4 is 33.7 Å².